The molecule has 0 atom stereocenters. The average Bonchev–Trinajstić information content (AvgIpc) is 2.67. The van der Waals surface area contributed by atoms with Gasteiger partial charge in [-0.05, 0) is 31.7 Å². The molecule has 1 saturated carbocycles. The van der Waals surface area contributed by atoms with Gasteiger partial charge in [-0.3, -0.25) is 0 Å². The summed E-state index contributed by atoms with van der Waals surface area (Å²) >= 11 is 0. The summed E-state index contributed by atoms with van der Waals surface area (Å²) in [5.41, 5.74) is -0.391. The zero-order chi connectivity index (χ0) is 14.3. The van der Waals surface area contributed by atoms with Crippen molar-refractivity contribution in [1.82, 2.24) is 9.29 Å². The minimum Gasteiger partial charge on any atom is -0.477 e. The Labute approximate surface area is 112 Å². The van der Waals surface area contributed by atoms with E-state index in [2.05, 4.69) is 4.72 Å². The van der Waals surface area contributed by atoms with Crippen LogP contribution in [0, 0.1) is 0 Å². The van der Waals surface area contributed by atoms with E-state index >= 15 is 0 Å². The zero-order valence-corrected chi connectivity index (χ0v) is 11.8. The molecule has 106 valence electrons. The summed E-state index contributed by atoms with van der Waals surface area (Å²) in [5, 5.41) is 8.94. The van der Waals surface area contributed by atoms with Crippen molar-refractivity contribution in [2.45, 2.75) is 43.0 Å². The van der Waals surface area contributed by atoms with Gasteiger partial charge in [-0.15, -0.1) is 0 Å². The number of aromatic carboxylic acids is 1. The van der Waals surface area contributed by atoms with E-state index in [-0.39, 0.29) is 16.1 Å². The molecule has 1 aliphatic rings. The number of rotatable bonds is 5. The van der Waals surface area contributed by atoms with Crippen LogP contribution in [-0.2, 0) is 17.1 Å². The third-order valence-corrected chi connectivity index (χ3v) is 5.39. The molecule has 1 aliphatic carbocycles. The van der Waals surface area contributed by atoms with E-state index in [9.17, 15) is 13.2 Å². The molecule has 0 aliphatic heterocycles. The molecule has 0 aromatic carbocycles. The molecule has 0 radical (unpaired) electrons. The molecule has 0 bridgehead atoms. The molecule has 19 heavy (non-hydrogen) atoms. The Bertz CT molecular complexity index is 594. The quantitative estimate of drug-likeness (QED) is 0.854. The van der Waals surface area contributed by atoms with Crippen molar-refractivity contribution in [1.29, 1.82) is 0 Å². The first kappa shape index (κ1) is 14.1. The molecule has 1 heterocycles. The molecule has 1 fully saturated rings. The average molecular weight is 286 g/mol. The Balaban J connectivity index is 2.29. The molecule has 1 aromatic rings. The van der Waals surface area contributed by atoms with Gasteiger partial charge in [-0.1, -0.05) is 6.92 Å². The van der Waals surface area contributed by atoms with Gasteiger partial charge in [-0.2, -0.15) is 0 Å². The highest BCUT2D eigenvalue weighted by Crippen LogP contribution is 2.36. The van der Waals surface area contributed by atoms with Gasteiger partial charge in [0.25, 0.3) is 0 Å². The fraction of sp³-hybridized carbons (Fsp3) is 0.583. The Morgan fingerprint density at radius 1 is 1.53 bits per heavy atom. The van der Waals surface area contributed by atoms with Crippen molar-refractivity contribution >= 4 is 16.0 Å². The van der Waals surface area contributed by atoms with Crippen LogP contribution >= 0.6 is 0 Å². The molecule has 1 aromatic heterocycles. The van der Waals surface area contributed by atoms with Crippen LogP contribution in [0.4, 0.5) is 0 Å². The number of aromatic nitrogens is 1. The van der Waals surface area contributed by atoms with E-state index in [0.29, 0.717) is 0 Å². The lowest BCUT2D eigenvalue weighted by Crippen LogP contribution is -2.52. The van der Waals surface area contributed by atoms with E-state index in [1.807, 2.05) is 6.92 Å². The maximum atomic E-state index is 12.3. The van der Waals surface area contributed by atoms with Crippen LogP contribution in [0.15, 0.2) is 17.2 Å². The van der Waals surface area contributed by atoms with E-state index in [1.54, 1.807) is 0 Å². The minimum absolute atomic E-state index is 0.00660. The molecule has 0 amide bonds. The Kier molecular flexibility index (Phi) is 3.44. The number of nitrogens with one attached hydrogen (secondary N) is 1. The van der Waals surface area contributed by atoms with Crippen LogP contribution in [0.2, 0.25) is 0 Å². The number of hydrogen-bond donors (Lipinski definition) is 2. The second kappa shape index (κ2) is 4.64. The molecule has 0 spiro atoms. The first-order valence-electron chi connectivity index (χ1n) is 6.23. The second-order valence-corrected chi connectivity index (χ2v) is 6.75. The fourth-order valence-electron chi connectivity index (χ4n) is 2.37. The summed E-state index contributed by atoms with van der Waals surface area (Å²) in [7, 11) is -2.14. The van der Waals surface area contributed by atoms with E-state index < -0.39 is 16.0 Å². The first-order valence-corrected chi connectivity index (χ1v) is 7.72. The van der Waals surface area contributed by atoms with Crippen molar-refractivity contribution in [3.63, 3.8) is 0 Å². The lowest BCUT2D eigenvalue weighted by atomic mass is 9.76. The Morgan fingerprint density at radius 3 is 2.53 bits per heavy atom. The molecule has 2 rings (SSSR count). The van der Waals surface area contributed by atoms with Crippen molar-refractivity contribution in [3.8, 4) is 0 Å². The fourth-order valence-corrected chi connectivity index (χ4v) is 3.97. The molecule has 6 nitrogen and oxygen atoms in total. The second-order valence-electron chi connectivity index (χ2n) is 5.07. The normalized spacial score (nSPS) is 18.0. The minimum atomic E-state index is -3.66. The van der Waals surface area contributed by atoms with Crippen LogP contribution in [0.25, 0.3) is 0 Å². The molecule has 0 saturated heterocycles. The van der Waals surface area contributed by atoms with E-state index in [4.69, 9.17) is 5.11 Å². The highest BCUT2D eigenvalue weighted by molar-refractivity contribution is 7.89. The highest BCUT2D eigenvalue weighted by atomic mass is 32.2. The van der Waals surface area contributed by atoms with E-state index in [1.165, 1.54) is 23.9 Å². The van der Waals surface area contributed by atoms with Crippen molar-refractivity contribution < 1.29 is 18.3 Å². The maximum absolute atomic E-state index is 12.3. The monoisotopic (exact) mass is 286 g/mol. The topological polar surface area (TPSA) is 88.4 Å². The largest absolute Gasteiger partial charge is 0.477 e. The van der Waals surface area contributed by atoms with Gasteiger partial charge in [0.1, 0.15) is 10.6 Å². The van der Waals surface area contributed by atoms with Gasteiger partial charge in [0.2, 0.25) is 10.0 Å². The van der Waals surface area contributed by atoms with Gasteiger partial charge in [-0.25, -0.2) is 17.9 Å². The highest BCUT2D eigenvalue weighted by Gasteiger charge is 2.39. The summed E-state index contributed by atoms with van der Waals surface area (Å²) in [6.45, 7) is 1.95. The number of carboxylic acid groups (broad SMARTS) is 1. The Hall–Kier alpha value is -1.34. The van der Waals surface area contributed by atoms with Crippen LogP contribution in [-0.4, -0.2) is 29.6 Å². The smallest absolute Gasteiger partial charge is 0.352 e. The summed E-state index contributed by atoms with van der Waals surface area (Å²) in [6, 6.07) is 1.19. The summed E-state index contributed by atoms with van der Waals surface area (Å²) in [5.74, 6) is -1.14. The first-order chi connectivity index (χ1) is 8.80. The van der Waals surface area contributed by atoms with Crippen LogP contribution in [0.5, 0.6) is 0 Å². The lowest BCUT2D eigenvalue weighted by molar-refractivity contribution is 0.0686. The predicted octanol–water partition coefficient (Wildman–Crippen LogP) is 1.33. The number of sulfonamides is 1. The maximum Gasteiger partial charge on any atom is 0.352 e. The zero-order valence-electron chi connectivity index (χ0n) is 11.0. The van der Waals surface area contributed by atoms with Crippen LogP contribution in [0.1, 0.15) is 43.1 Å². The molecule has 7 heteroatoms. The number of carbonyl (C=O) groups is 1. The van der Waals surface area contributed by atoms with Gasteiger partial charge in [0.05, 0.1) is 0 Å². The van der Waals surface area contributed by atoms with Crippen LogP contribution in [0.3, 0.4) is 0 Å². The predicted molar refractivity (Wildman–Crippen MR) is 69.6 cm³/mol. The van der Waals surface area contributed by atoms with Gasteiger partial charge < -0.3 is 9.67 Å². The van der Waals surface area contributed by atoms with Crippen LogP contribution < -0.4 is 4.72 Å². The molecular formula is C12H18N2O4S. The molecule has 0 unspecified atom stereocenters. The number of aryl methyl sites for hydroxylation is 1. The third kappa shape index (κ3) is 2.52. The number of hydrogen-bond acceptors (Lipinski definition) is 3. The standard InChI is InChI=1S/C12H18N2O4S/c1-3-12(5-4-6-12)13-19(17,18)9-7-10(11(15)16)14(2)8-9/h7-8,13H,3-6H2,1-2H3,(H,15,16). The SMILES string of the molecule is CCC1(NS(=O)(=O)c2cc(C(=O)O)n(C)c2)CCC1. The third-order valence-electron chi connectivity index (χ3n) is 3.85. The van der Waals surface area contributed by atoms with E-state index in [0.717, 1.165) is 25.7 Å². The summed E-state index contributed by atoms with van der Waals surface area (Å²) < 4.78 is 28.6. The van der Waals surface area contributed by atoms with Crippen molar-refractivity contribution in [3.05, 3.63) is 18.0 Å². The Morgan fingerprint density at radius 2 is 2.16 bits per heavy atom. The number of nitrogens with zero attached hydrogens (tertiary/aromatic N) is 1. The van der Waals surface area contributed by atoms with Gasteiger partial charge in [0, 0.05) is 18.8 Å². The molecular weight excluding hydrogens is 268 g/mol. The van der Waals surface area contributed by atoms with Gasteiger partial charge in [0.15, 0.2) is 0 Å². The summed E-state index contributed by atoms with van der Waals surface area (Å²) in [6.07, 6.45) is 4.76. The van der Waals surface area contributed by atoms with Gasteiger partial charge >= 0.3 is 5.97 Å². The number of carboxylic acids is 1. The van der Waals surface area contributed by atoms with Crippen molar-refractivity contribution in [2.75, 3.05) is 0 Å². The molecule has 2 N–H and O–H groups in total. The lowest BCUT2D eigenvalue weighted by Gasteiger charge is -2.41. The van der Waals surface area contributed by atoms with Crippen molar-refractivity contribution in [2.24, 2.45) is 7.05 Å². The summed E-state index contributed by atoms with van der Waals surface area (Å²) in [4.78, 5) is 10.9.